The summed E-state index contributed by atoms with van der Waals surface area (Å²) in [6.07, 6.45) is -6.06. The molecule has 0 bridgehead atoms. The first kappa shape index (κ1) is 20.0. The molecule has 3 aromatic rings. The number of aromatic nitrogens is 3. The molecule has 28 heavy (non-hydrogen) atoms. The van der Waals surface area contributed by atoms with Gasteiger partial charge in [0.15, 0.2) is 5.65 Å². The third-order valence-corrected chi connectivity index (χ3v) is 4.22. The topological polar surface area (TPSA) is 62.5 Å². The lowest BCUT2D eigenvalue weighted by Crippen LogP contribution is -2.35. The van der Waals surface area contributed by atoms with Crippen molar-refractivity contribution >= 4 is 11.5 Å². The third kappa shape index (κ3) is 4.06. The fourth-order valence-electron chi connectivity index (χ4n) is 2.85. The molecule has 0 amide bonds. The van der Waals surface area contributed by atoms with Gasteiger partial charge in [0, 0.05) is 5.56 Å². The van der Waals surface area contributed by atoms with Crippen LogP contribution in [-0.4, -0.2) is 25.3 Å². The van der Waals surface area contributed by atoms with E-state index in [-0.39, 0.29) is 17.0 Å². The zero-order chi connectivity index (χ0) is 20.7. The van der Waals surface area contributed by atoms with Crippen molar-refractivity contribution in [1.29, 1.82) is 0 Å². The van der Waals surface area contributed by atoms with Crippen molar-refractivity contribution in [2.24, 2.45) is 0 Å². The van der Waals surface area contributed by atoms with Crippen LogP contribution in [0.3, 0.4) is 0 Å². The number of rotatable bonds is 5. The maximum absolute atomic E-state index is 13.2. The first-order valence-electron chi connectivity index (χ1n) is 8.24. The van der Waals surface area contributed by atoms with Crippen molar-refractivity contribution in [2.75, 3.05) is 5.32 Å². The lowest BCUT2D eigenvalue weighted by molar-refractivity contribution is -0.137. The molecule has 3 rings (SSSR count). The fraction of sp³-hybridized carbons (Fsp3) is 0.333. The molecular weight excluding hydrogens is 383 g/mol. The predicted octanol–water partition coefficient (Wildman–Crippen LogP) is 4.61. The molecule has 5 nitrogen and oxygen atoms in total. The summed E-state index contributed by atoms with van der Waals surface area (Å²) in [6, 6.07) is 5.69. The highest BCUT2D eigenvalue weighted by Gasteiger charge is 2.33. The average Bonchev–Trinajstić information content (AvgIpc) is 3.06. The maximum atomic E-state index is 13.2. The van der Waals surface area contributed by atoms with Crippen LogP contribution in [-0.2, 0) is 6.18 Å². The average molecular weight is 400 g/mol. The quantitative estimate of drug-likeness (QED) is 0.614. The summed E-state index contributed by atoms with van der Waals surface area (Å²) < 4.78 is 66.1. The highest BCUT2D eigenvalue weighted by atomic mass is 19.4. The second-order valence-electron chi connectivity index (χ2n) is 6.86. The van der Waals surface area contributed by atoms with Crippen LogP contribution < -0.4 is 5.32 Å². The van der Waals surface area contributed by atoms with E-state index in [1.165, 1.54) is 42.9 Å². The lowest BCUT2D eigenvalue weighted by Gasteiger charge is -2.31. The number of halogens is 5. The van der Waals surface area contributed by atoms with Crippen LogP contribution in [0.25, 0.3) is 5.65 Å². The van der Waals surface area contributed by atoms with Gasteiger partial charge in [0.1, 0.15) is 12.1 Å². The Bertz CT molecular complexity index is 961. The zero-order valence-corrected chi connectivity index (χ0v) is 14.9. The van der Waals surface area contributed by atoms with Gasteiger partial charge in [0.2, 0.25) is 0 Å². The maximum Gasteiger partial charge on any atom is 0.416 e. The van der Waals surface area contributed by atoms with E-state index in [1.54, 1.807) is 0 Å². The van der Waals surface area contributed by atoms with Gasteiger partial charge in [-0.1, -0.05) is 12.1 Å². The molecule has 0 spiro atoms. The summed E-state index contributed by atoms with van der Waals surface area (Å²) in [7, 11) is 0. The molecule has 0 aliphatic heterocycles. The molecule has 0 radical (unpaired) electrons. The fourth-order valence-corrected chi connectivity index (χ4v) is 2.85. The normalized spacial score (nSPS) is 13.9. The number of hydrogen-bond donors (Lipinski definition) is 2. The molecule has 2 heterocycles. The van der Waals surface area contributed by atoms with E-state index in [2.05, 4.69) is 15.4 Å². The Hall–Kier alpha value is -2.75. The second-order valence-corrected chi connectivity index (χ2v) is 6.86. The smallest absolute Gasteiger partial charge is 0.388 e. The van der Waals surface area contributed by atoms with E-state index in [9.17, 15) is 27.1 Å². The molecule has 0 unspecified atom stereocenters. The van der Waals surface area contributed by atoms with Crippen molar-refractivity contribution in [3.63, 3.8) is 0 Å². The molecule has 0 aliphatic rings. The van der Waals surface area contributed by atoms with Gasteiger partial charge < -0.3 is 10.4 Å². The Morgan fingerprint density at radius 3 is 2.21 bits per heavy atom. The summed E-state index contributed by atoms with van der Waals surface area (Å²) in [6.45, 7) is 2.91. The van der Waals surface area contributed by atoms with E-state index in [4.69, 9.17) is 0 Å². The minimum atomic E-state index is -4.49. The van der Waals surface area contributed by atoms with E-state index < -0.39 is 29.8 Å². The number of aliphatic hydroxyl groups is 1. The third-order valence-electron chi connectivity index (χ3n) is 4.22. The molecule has 0 saturated heterocycles. The summed E-state index contributed by atoms with van der Waals surface area (Å²) >= 11 is 0. The van der Waals surface area contributed by atoms with Crippen LogP contribution in [0.15, 0.2) is 42.7 Å². The number of benzene rings is 1. The van der Waals surface area contributed by atoms with Crippen molar-refractivity contribution in [2.45, 2.75) is 38.1 Å². The van der Waals surface area contributed by atoms with Crippen LogP contribution in [0.5, 0.6) is 0 Å². The van der Waals surface area contributed by atoms with E-state index >= 15 is 0 Å². The van der Waals surface area contributed by atoms with Crippen LogP contribution in [0.1, 0.15) is 43.0 Å². The molecule has 0 aliphatic carbocycles. The van der Waals surface area contributed by atoms with E-state index in [0.29, 0.717) is 5.56 Å². The Labute approximate surface area is 156 Å². The Balaban J connectivity index is 2.03. The first-order valence-corrected chi connectivity index (χ1v) is 8.24. The van der Waals surface area contributed by atoms with Crippen molar-refractivity contribution in [1.82, 2.24) is 14.6 Å². The number of hydrogen-bond acceptors (Lipinski definition) is 4. The van der Waals surface area contributed by atoms with Crippen LogP contribution in [0.4, 0.5) is 27.8 Å². The van der Waals surface area contributed by atoms with Gasteiger partial charge in [0.25, 0.3) is 6.43 Å². The molecule has 2 aromatic heterocycles. The monoisotopic (exact) mass is 400 g/mol. The summed E-state index contributed by atoms with van der Waals surface area (Å²) in [4.78, 5) is 3.89. The second kappa shape index (κ2) is 7.01. The number of pyridine rings is 1. The van der Waals surface area contributed by atoms with Crippen molar-refractivity contribution in [3.8, 4) is 0 Å². The lowest BCUT2D eigenvalue weighted by atomic mass is 9.91. The number of nitrogens with zero attached hydrogens (tertiary/aromatic N) is 3. The van der Waals surface area contributed by atoms with Gasteiger partial charge in [0.05, 0.1) is 17.2 Å². The minimum absolute atomic E-state index is 0.123. The molecule has 0 saturated carbocycles. The first-order chi connectivity index (χ1) is 13.0. The Kier molecular flexibility index (Phi) is 5.00. The standard InChI is InChI=1S/C18H17F5N4O/c1-17(2,28)15(10-3-5-12(6-4-10)18(21,22)23)26-14-8-11(16(19)20)7-13-24-9-25-27(13)14/h3-9,15-16,26,28H,1-2H3/t15-/m0/s1. The van der Waals surface area contributed by atoms with Crippen LogP contribution in [0.2, 0.25) is 0 Å². The van der Waals surface area contributed by atoms with Gasteiger partial charge in [-0.3, -0.25) is 0 Å². The predicted molar refractivity (Wildman–Crippen MR) is 92.0 cm³/mol. The van der Waals surface area contributed by atoms with Gasteiger partial charge in [-0.15, -0.1) is 0 Å². The molecule has 0 fully saturated rings. The SMILES string of the molecule is CC(C)(O)[C@@H](Nc1cc(C(F)F)cc2ncnn12)c1ccc(C(F)(F)F)cc1. The van der Waals surface area contributed by atoms with Crippen molar-refractivity contribution < 1.29 is 27.1 Å². The highest BCUT2D eigenvalue weighted by molar-refractivity contribution is 5.53. The Morgan fingerprint density at radius 1 is 1.04 bits per heavy atom. The molecule has 2 N–H and O–H groups in total. The van der Waals surface area contributed by atoms with E-state index in [0.717, 1.165) is 18.2 Å². The highest BCUT2D eigenvalue weighted by Crippen LogP contribution is 2.34. The van der Waals surface area contributed by atoms with Gasteiger partial charge >= 0.3 is 6.18 Å². The number of nitrogens with one attached hydrogen (secondary N) is 1. The number of alkyl halides is 5. The minimum Gasteiger partial charge on any atom is -0.388 e. The van der Waals surface area contributed by atoms with Gasteiger partial charge in [-0.2, -0.15) is 22.8 Å². The molecule has 10 heteroatoms. The van der Waals surface area contributed by atoms with Gasteiger partial charge in [-0.25, -0.2) is 13.8 Å². The number of fused-ring (bicyclic) bond motifs is 1. The molecule has 1 atom stereocenters. The van der Waals surface area contributed by atoms with Crippen LogP contribution in [0, 0.1) is 0 Å². The van der Waals surface area contributed by atoms with Gasteiger partial charge in [-0.05, 0) is 43.7 Å². The molecule has 1 aromatic carbocycles. The number of anilines is 1. The Morgan fingerprint density at radius 2 is 1.68 bits per heavy atom. The van der Waals surface area contributed by atoms with Crippen LogP contribution >= 0.6 is 0 Å². The van der Waals surface area contributed by atoms with Crippen molar-refractivity contribution in [3.05, 3.63) is 59.4 Å². The summed E-state index contributed by atoms with van der Waals surface area (Å²) in [5.41, 5.74) is -2.06. The zero-order valence-electron chi connectivity index (χ0n) is 14.9. The summed E-state index contributed by atoms with van der Waals surface area (Å²) in [5.74, 6) is 0.123. The summed E-state index contributed by atoms with van der Waals surface area (Å²) in [5, 5.41) is 17.4. The largest absolute Gasteiger partial charge is 0.416 e. The molecule has 150 valence electrons. The molecular formula is C18H17F5N4O. The van der Waals surface area contributed by atoms with E-state index in [1.807, 2.05) is 0 Å².